The molecule has 0 amide bonds. The fourth-order valence-electron chi connectivity index (χ4n) is 3.00. The van der Waals surface area contributed by atoms with Crippen LogP contribution >= 0.6 is 0 Å². The van der Waals surface area contributed by atoms with Gasteiger partial charge < -0.3 is 15.6 Å². The summed E-state index contributed by atoms with van der Waals surface area (Å²) >= 11 is 0. The molecule has 0 fully saturated rings. The summed E-state index contributed by atoms with van der Waals surface area (Å²) in [5.74, 6) is 1.33. The lowest BCUT2D eigenvalue weighted by molar-refractivity contribution is 0.244. The highest BCUT2D eigenvalue weighted by Gasteiger charge is 2.27. The van der Waals surface area contributed by atoms with Crippen molar-refractivity contribution >= 4 is 11.6 Å². The zero-order valence-corrected chi connectivity index (χ0v) is 13.2. The number of aliphatic hydroxyl groups excluding tert-OH is 1. The van der Waals surface area contributed by atoms with Crippen molar-refractivity contribution < 1.29 is 9.84 Å². The Balaban J connectivity index is 1.79. The highest BCUT2D eigenvalue weighted by Crippen LogP contribution is 2.39. The molecular weight excluding hydrogens is 302 g/mol. The Morgan fingerprint density at radius 2 is 1.79 bits per heavy atom. The number of nitrogens with zero attached hydrogens (tertiary/aromatic N) is 2. The van der Waals surface area contributed by atoms with Gasteiger partial charge in [-0.15, -0.1) is 0 Å². The van der Waals surface area contributed by atoms with Gasteiger partial charge in [0.15, 0.2) is 6.10 Å². The molecule has 120 valence electrons. The standard InChI is InChI=1S/C19H17N3O2/c1-12-18(19(20)22(21-12)13-7-3-2-4-8-13)17-11-15(23)14-9-5-6-10-16(14)24-17/h2-11,17,23H,20H2,1H3. The molecule has 5 heteroatoms. The summed E-state index contributed by atoms with van der Waals surface area (Å²) in [4.78, 5) is 0. The number of aliphatic hydroxyl groups is 1. The van der Waals surface area contributed by atoms with Gasteiger partial charge in [0.05, 0.1) is 22.5 Å². The van der Waals surface area contributed by atoms with Crippen molar-refractivity contribution in [3.05, 3.63) is 77.5 Å². The fourth-order valence-corrected chi connectivity index (χ4v) is 3.00. The molecule has 1 aliphatic rings. The highest BCUT2D eigenvalue weighted by molar-refractivity contribution is 5.68. The van der Waals surface area contributed by atoms with Gasteiger partial charge >= 0.3 is 0 Å². The normalized spacial score (nSPS) is 16.2. The van der Waals surface area contributed by atoms with E-state index >= 15 is 0 Å². The Labute approximate surface area is 139 Å². The van der Waals surface area contributed by atoms with Crippen molar-refractivity contribution in [2.24, 2.45) is 0 Å². The minimum atomic E-state index is -0.475. The summed E-state index contributed by atoms with van der Waals surface area (Å²) in [6.45, 7) is 1.89. The van der Waals surface area contributed by atoms with Crippen LogP contribution in [0.1, 0.15) is 22.9 Å². The maximum absolute atomic E-state index is 10.3. The molecular formula is C19H17N3O2. The molecule has 5 nitrogen and oxygen atoms in total. The number of anilines is 1. The third-order valence-corrected chi connectivity index (χ3v) is 4.16. The summed E-state index contributed by atoms with van der Waals surface area (Å²) in [6, 6.07) is 17.1. The molecule has 0 saturated heterocycles. The monoisotopic (exact) mass is 319 g/mol. The number of nitrogens with two attached hydrogens (primary N) is 1. The lowest BCUT2D eigenvalue weighted by Crippen LogP contribution is -2.14. The number of fused-ring (bicyclic) bond motifs is 1. The first-order valence-electron chi connectivity index (χ1n) is 7.72. The van der Waals surface area contributed by atoms with Gasteiger partial charge in [0, 0.05) is 6.08 Å². The van der Waals surface area contributed by atoms with Crippen LogP contribution in [0, 0.1) is 6.92 Å². The number of nitrogen functional groups attached to an aromatic ring is 1. The summed E-state index contributed by atoms with van der Waals surface area (Å²) in [5.41, 5.74) is 9.44. The van der Waals surface area contributed by atoms with E-state index in [1.54, 1.807) is 10.8 Å². The van der Waals surface area contributed by atoms with Crippen LogP contribution in [0.4, 0.5) is 5.82 Å². The molecule has 0 radical (unpaired) electrons. The lowest BCUT2D eigenvalue weighted by atomic mass is 10.0. The maximum Gasteiger partial charge on any atom is 0.151 e. The summed E-state index contributed by atoms with van der Waals surface area (Å²) in [7, 11) is 0. The topological polar surface area (TPSA) is 73.3 Å². The second-order valence-corrected chi connectivity index (χ2v) is 5.72. The first-order chi connectivity index (χ1) is 11.6. The molecule has 0 bridgehead atoms. The van der Waals surface area contributed by atoms with E-state index in [1.165, 1.54) is 0 Å². The third kappa shape index (κ3) is 2.22. The predicted molar refractivity (Wildman–Crippen MR) is 93.1 cm³/mol. The van der Waals surface area contributed by atoms with Crippen molar-refractivity contribution in [3.8, 4) is 11.4 Å². The van der Waals surface area contributed by atoms with Gasteiger partial charge in [-0.2, -0.15) is 5.10 Å². The molecule has 0 aliphatic carbocycles. The fraction of sp³-hybridized carbons (Fsp3) is 0.105. The van der Waals surface area contributed by atoms with E-state index < -0.39 is 6.10 Å². The SMILES string of the molecule is Cc1nn(-c2ccccc2)c(N)c1C1C=C(O)c2ccccc2O1. The van der Waals surface area contributed by atoms with Crippen LogP contribution in [0.2, 0.25) is 0 Å². The van der Waals surface area contributed by atoms with Gasteiger partial charge in [-0.3, -0.25) is 0 Å². The lowest BCUT2D eigenvalue weighted by Gasteiger charge is -2.23. The molecule has 3 aromatic rings. The van der Waals surface area contributed by atoms with Crippen LogP contribution in [0.5, 0.6) is 5.75 Å². The van der Waals surface area contributed by atoms with Gasteiger partial charge in [-0.1, -0.05) is 30.3 Å². The van der Waals surface area contributed by atoms with Crippen LogP contribution in [0.15, 0.2) is 60.7 Å². The van der Waals surface area contributed by atoms with E-state index in [2.05, 4.69) is 5.10 Å². The van der Waals surface area contributed by atoms with E-state index in [0.29, 0.717) is 17.1 Å². The molecule has 1 aliphatic heterocycles. The maximum atomic E-state index is 10.3. The molecule has 24 heavy (non-hydrogen) atoms. The quantitative estimate of drug-likeness (QED) is 0.753. The Bertz CT molecular complexity index is 929. The number of rotatable bonds is 2. The molecule has 4 rings (SSSR count). The number of para-hydroxylation sites is 2. The molecule has 1 atom stereocenters. The zero-order chi connectivity index (χ0) is 16.7. The van der Waals surface area contributed by atoms with Crippen LogP contribution in [0.25, 0.3) is 11.4 Å². The van der Waals surface area contributed by atoms with E-state index in [9.17, 15) is 5.11 Å². The third-order valence-electron chi connectivity index (χ3n) is 4.16. The predicted octanol–water partition coefficient (Wildman–Crippen LogP) is 3.80. The molecule has 3 N–H and O–H groups in total. The highest BCUT2D eigenvalue weighted by atomic mass is 16.5. The average Bonchev–Trinajstić information content (AvgIpc) is 2.90. The Morgan fingerprint density at radius 1 is 1.08 bits per heavy atom. The largest absolute Gasteiger partial charge is 0.507 e. The minimum absolute atomic E-state index is 0.188. The molecule has 2 heterocycles. The van der Waals surface area contributed by atoms with Crippen LogP contribution in [-0.4, -0.2) is 14.9 Å². The second-order valence-electron chi connectivity index (χ2n) is 5.72. The van der Waals surface area contributed by atoms with Crippen molar-refractivity contribution in [2.45, 2.75) is 13.0 Å². The second kappa shape index (κ2) is 5.45. The first kappa shape index (κ1) is 14.4. The van der Waals surface area contributed by atoms with Gasteiger partial charge in [0.2, 0.25) is 0 Å². The summed E-state index contributed by atoms with van der Waals surface area (Å²) < 4.78 is 7.72. The first-order valence-corrected chi connectivity index (χ1v) is 7.72. The van der Waals surface area contributed by atoms with Crippen molar-refractivity contribution in [2.75, 3.05) is 5.73 Å². The molecule has 0 saturated carbocycles. The van der Waals surface area contributed by atoms with E-state index in [0.717, 1.165) is 16.9 Å². The number of aromatic nitrogens is 2. The molecule has 0 spiro atoms. The van der Waals surface area contributed by atoms with Gasteiger partial charge in [-0.25, -0.2) is 4.68 Å². The van der Waals surface area contributed by atoms with Crippen molar-refractivity contribution in [1.82, 2.24) is 9.78 Å². The van der Waals surface area contributed by atoms with Crippen LogP contribution in [0.3, 0.4) is 0 Å². The summed E-state index contributed by atoms with van der Waals surface area (Å²) in [5, 5.41) is 14.8. The smallest absolute Gasteiger partial charge is 0.151 e. The van der Waals surface area contributed by atoms with Gasteiger partial charge in [-0.05, 0) is 31.2 Å². The number of benzene rings is 2. The Kier molecular flexibility index (Phi) is 3.27. The van der Waals surface area contributed by atoms with Crippen molar-refractivity contribution in [1.29, 1.82) is 0 Å². The van der Waals surface area contributed by atoms with Crippen LogP contribution < -0.4 is 10.5 Å². The molecule has 2 aromatic carbocycles. The molecule has 1 unspecified atom stereocenters. The number of hydrogen-bond acceptors (Lipinski definition) is 4. The molecule has 1 aromatic heterocycles. The van der Waals surface area contributed by atoms with E-state index in [1.807, 2.05) is 61.5 Å². The van der Waals surface area contributed by atoms with E-state index in [-0.39, 0.29) is 5.76 Å². The van der Waals surface area contributed by atoms with Crippen LogP contribution in [-0.2, 0) is 0 Å². The number of aryl methyl sites for hydroxylation is 1. The average molecular weight is 319 g/mol. The minimum Gasteiger partial charge on any atom is -0.507 e. The Hall–Kier alpha value is -3.21. The number of hydrogen-bond donors (Lipinski definition) is 2. The number of ether oxygens (including phenoxy) is 1. The zero-order valence-electron chi connectivity index (χ0n) is 13.2. The summed E-state index contributed by atoms with van der Waals surface area (Å²) in [6.07, 6.45) is 1.19. The van der Waals surface area contributed by atoms with Gasteiger partial charge in [0.25, 0.3) is 0 Å². The Morgan fingerprint density at radius 3 is 2.58 bits per heavy atom. The van der Waals surface area contributed by atoms with Crippen molar-refractivity contribution in [3.63, 3.8) is 0 Å². The van der Waals surface area contributed by atoms with Gasteiger partial charge in [0.1, 0.15) is 17.3 Å². The van der Waals surface area contributed by atoms with E-state index in [4.69, 9.17) is 10.5 Å².